The molecule has 112 valence electrons. The smallest absolute Gasteiger partial charge is 0.165 e. The van der Waals surface area contributed by atoms with E-state index in [-0.39, 0.29) is 0 Å². The van der Waals surface area contributed by atoms with Crippen LogP contribution in [0.25, 0.3) is 11.4 Å². The van der Waals surface area contributed by atoms with Crippen LogP contribution in [0.15, 0.2) is 22.7 Å². The molecule has 0 amide bonds. The van der Waals surface area contributed by atoms with E-state index in [0.29, 0.717) is 16.6 Å². The van der Waals surface area contributed by atoms with Crippen LogP contribution in [0.5, 0.6) is 5.75 Å². The summed E-state index contributed by atoms with van der Waals surface area (Å²) in [4.78, 5) is 9.12. The number of ether oxygens (including phenoxy) is 1. The molecule has 0 radical (unpaired) electrons. The van der Waals surface area contributed by atoms with Crippen LogP contribution in [0.3, 0.4) is 0 Å². The Bertz CT molecular complexity index is 649. The van der Waals surface area contributed by atoms with Gasteiger partial charge in [-0.05, 0) is 47.5 Å². The van der Waals surface area contributed by atoms with E-state index in [0.717, 1.165) is 34.5 Å². The maximum absolute atomic E-state index is 6.00. The number of anilines is 1. The molecule has 0 saturated carbocycles. The van der Waals surface area contributed by atoms with Gasteiger partial charge in [0.1, 0.15) is 11.6 Å². The summed E-state index contributed by atoms with van der Waals surface area (Å²) in [6.45, 7) is 4.90. The predicted octanol–water partition coefficient (Wildman–Crippen LogP) is 4.70. The molecule has 0 spiro atoms. The van der Waals surface area contributed by atoms with Gasteiger partial charge in [0, 0.05) is 11.6 Å². The zero-order chi connectivity index (χ0) is 15.4. The van der Waals surface area contributed by atoms with E-state index >= 15 is 0 Å². The summed E-state index contributed by atoms with van der Waals surface area (Å²) in [5, 5.41) is 3.92. The first-order valence-corrected chi connectivity index (χ1v) is 7.85. The molecule has 6 heteroatoms. The van der Waals surface area contributed by atoms with Crippen molar-refractivity contribution in [3.8, 4) is 17.1 Å². The quantitative estimate of drug-likeness (QED) is 0.829. The number of aryl methyl sites for hydroxylation is 1. The van der Waals surface area contributed by atoms with Gasteiger partial charge in [0.15, 0.2) is 5.82 Å². The van der Waals surface area contributed by atoms with Crippen molar-refractivity contribution in [2.45, 2.75) is 20.3 Å². The molecule has 0 aliphatic rings. The molecule has 1 heterocycles. The van der Waals surface area contributed by atoms with Crippen LogP contribution in [-0.2, 0) is 0 Å². The van der Waals surface area contributed by atoms with Crippen LogP contribution >= 0.6 is 27.5 Å². The van der Waals surface area contributed by atoms with Crippen molar-refractivity contribution >= 4 is 33.3 Å². The van der Waals surface area contributed by atoms with Gasteiger partial charge in [0.2, 0.25) is 0 Å². The van der Waals surface area contributed by atoms with Gasteiger partial charge in [-0.1, -0.05) is 18.5 Å². The first-order valence-electron chi connectivity index (χ1n) is 6.68. The highest BCUT2D eigenvalue weighted by Crippen LogP contribution is 2.33. The number of nitrogens with zero attached hydrogens (tertiary/aromatic N) is 2. The molecule has 4 nitrogen and oxygen atoms in total. The zero-order valence-electron chi connectivity index (χ0n) is 12.2. The first kappa shape index (κ1) is 16.0. The average Bonchev–Trinajstić information content (AvgIpc) is 2.48. The number of halogens is 2. The molecule has 2 rings (SSSR count). The average molecular weight is 371 g/mol. The minimum absolute atomic E-state index is 0.614. The molecule has 0 atom stereocenters. The maximum Gasteiger partial charge on any atom is 0.165 e. The molecule has 0 saturated heterocycles. The lowest BCUT2D eigenvalue weighted by atomic mass is 10.2. The van der Waals surface area contributed by atoms with Gasteiger partial charge in [-0.15, -0.1) is 0 Å². The highest BCUT2D eigenvalue weighted by molar-refractivity contribution is 9.10. The molecule has 0 unspecified atom stereocenters. The molecule has 1 aromatic heterocycles. The largest absolute Gasteiger partial charge is 0.496 e. The third kappa shape index (κ3) is 3.66. The van der Waals surface area contributed by atoms with Crippen molar-refractivity contribution in [1.29, 1.82) is 0 Å². The van der Waals surface area contributed by atoms with E-state index in [1.165, 1.54) is 0 Å². The van der Waals surface area contributed by atoms with Crippen LogP contribution < -0.4 is 10.1 Å². The number of nitrogens with one attached hydrogen (secondary N) is 1. The Morgan fingerprint density at radius 2 is 2.10 bits per heavy atom. The fraction of sp³-hybridized carbons (Fsp3) is 0.333. The Labute approximate surface area is 138 Å². The van der Waals surface area contributed by atoms with Gasteiger partial charge in [-0.2, -0.15) is 0 Å². The number of methoxy groups -OCH3 is 1. The van der Waals surface area contributed by atoms with E-state index in [2.05, 4.69) is 38.1 Å². The number of rotatable bonds is 5. The lowest BCUT2D eigenvalue weighted by molar-refractivity contribution is 0.416. The highest BCUT2D eigenvalue weighted by atomic mass is 79.9. The summed E-state index contributed by atoms with van der Waals surface area (Å²) < 4.78 is 6.26. The Morgan fingerprint density at radius 3 is 2.76 bits per heavy atom. The van der Waals surface area contributed by atoms with Gasteiger partial charge in [0.25, 0.3) is 0 Å². The summed E-state index contributed by atoms with van der Waals surface area (Å²) in [6.07, 6.45) is 1.02. The summed E-state index contributed by atoms with van der Waals surface area (Å²) in [5.41, 5.74) is 1.69. The molecular formula is C15H17BrClN3O. The SMILES string of the molecule is CCCNc1nc(-c2ccc(Cl)cc2OC)nc(C)c1Br. The van der Waals surface area contributed by atoms with Crippen molar-refractivity contribution in [2.24, 2.45) is 0 Å². The Balaban J connectivity index is 2.51. The van der Waals surface area contributed by atoms with Crippen LogP contribution in [0, 0.1) is 6.92 Å². The summed E-state index contributed by atoms with van der Waals surface area (Å²) in [6, 6.07) is 5.43. The second-order valence-corrected chi connectivity index (χ2v) is 5.80. The van der Waals surface area contributed by atoms with Gasteiger partial charge >= 0.3 is 0 Å². The summed E-state index contributed by atoms with van der Waals surface area (Å²) in [5.74, 6) is 2.06. The standard InChI is InChI=1S/C15H17BrClN3O/c1-4-7-18-15-13(16)9(2)19-14(20-15)11-6-5-10(17)8-12(11)21-3/h5-6,8H,4,7H2,1-3H3,(H,18,19,20). The molecule has 1 aromatic carbocycles. The lowest BCUT2D eigenvalue weighted by Crippen LogP contribution is -2.06. The molecule has 0 fully saturated rings. The van der Waals surface area contributed by atoms with Gasteiger partial charge in [0.05, 0.1) is 22.8 Å². The van der Waals surface area contributed by atoms with E-state index in [1.807, 2.05) is 13.0 Å². The third-order valence-corrected chi connectivity index (χ3v) is 4.15. The number of benzene rings is 1. The fourth-order valence-corrected chi connectivity index (χ4v) is 2.37. The van der Waals surface area contributed by atoms with Gasteiger partial charge < -0.3 is 10.1 Å². The van der Waals surface area contributed by atoms with Crippen molar-refractivity contribution in [3.05, 3.63) is 33.4 Å². The van der Waals surface area contributed by atoms with Gasteiger partial charge in [-0.25, -0.2) is 9.97 Å². The van der Waals surface area contributed by atoms with Crippen molar-refractivity contribution in [2.75, 3.05) is 19.0 Å². The maximum atomic E-state index is 6.00. The Hall–Kier alpha value is -1.33. The van der Waals surface area contributed by atoms with Crippen molar-refractivity contribution in [3.63, 3.8) is 0 Å². The molecule has 1 N–H and O–H groups in total. The Kier molecular flexibility index (Phi) is 5.42. The summed E-state index contributed by atoms with van der Waals surface area (Å²) >= 11 is 9.52. The highest BCUT2D eigenvalue weighted by Gasteiger charge is 2.14. The van der Waals surface area contributed by atoms with Gasteiger partial charge in [-0.3, -0.25) is 0 Å². The molecule has 0 bridgehead atoms. The fourth-order valence-electron chi connectivity index (χ4n) is 1.89. The molecule has 0 aliphatic carbocycles. The van der Waals surface area contributed by atoms with Crippen LogP contribution in [0.1, 0.15) is 19.0 Å². The number of aromatic nitrogens is 2. The van der Waals surface area contributed by atoms with E-state index in [4.69, 9.17) is 16.3 Å². The zero-order valence-corrected chi connectivity index (χ0v) is 14.5. The van der Waals surface area contributed by atoms with Crippen molar-refractivity contribution < 1.29 is 4.74 Å². The molecule has 21 heavy (non-hydrogen) atoms. The first-order chi connectivity index (χ1) is 10.1. The molecular weight excluding hydrogens is 354 g/mol. The minimum atomic E-state index is 0.614. The second kappa shape index (κ2) is 7.09. The van der Waals surface area contributed by atoms with Crippen LogP contribution in [0.2, 0.25) is 5.02 Å². The van der Waals surface area contributed by atoms with E-state index in [9.17, 15) is 0 Å². The second-order valence-electron chi connectivity index (χ2n) is 4.57. The predicted molar refractivity (Wildman–Crippen MR) is 90.2 cm³/mol. The number of hydrogen-bond acceptors (Lipinski definition) is 4. The Morgan fingerprint density at radius 1 is 1.33 bits per heavy atom. The van der Waals surface area contributed by atoms with Crippen LogP contribution in [0.4, 0.5) is 5.82 Å². The van der Waals surface area contributed by atoms with E-state index < -0.39 is 0 Å². The third-order valence-electron chi connectivity index (χ3n) is 2.96. The lowest BCUT2D eigenvalue weighted by Gasteiger charge is -2.13. The number of hydrogen-bond donors (Lipinski definition) is 1. The molecule has 2 aromatic rings. The molecule has 0 aliphatic heterocycles. The summed E-state index contributed by atoms with van der Waals surface area (Å²) in [7, 11) is 1.61. The van der Waals surface area contributed by atoms with Crippen molar-refractivity contribution in [1.82, 2.24) is 9.97 Å². The normalized spacial score (nSPS) is 10.5. The minimum Gasteiger partial charge on any atom is -0.496 e. The topological polar surface area (TPSA) is 47.0 Å². The van der Waals surface area contributed by atoms with Crippen LogP contribution in [-0.4, -0.2) is 23.6 Å². The monoisotopic (exact) mass is 369 g/mol. The van der Waals surface area contributed by atoms with E-state index in [1.54, 1.807) is 19.2 Å².